The number of imide groups is 1. The van der Waals surface area contributed by atoms with Gasteiger partial charge in [-0.2, -0.15) is 0 Å². The molecule has 0 spiro atoms. The monoisotopic (exact) mass is 382 g/mol. The fourth-order valence-electron chi connectivity index (χ4n) is 4.04. The number of rotatable bonds is 5. The molecular weight excluding hydrogens is 360 g/mol. The zero-order valence-electron chi connectivity index (χ0n) is 15.7. The Balaban J connectivity index is 1.58. The summed E-state index contributed by atoms with van der Waals surface area (Å²) in [5, 5.41) is 8.38. The number of fused-ring (bicyclic) bond motifs is 1. The molecule has 2 heterocycles. The fourth-order valence-corrected chi connectivity index (χ4v) is 4.04. The van der Waals surface area contributed by atoms with Crippen molar-refractivity contribution in [3.63, 3.8) is 0 Å². The smallest absolute Gasteiger partial charge is 0.329 e. The van der Waals surface area contributed by atoms with Crippen molar-refractivity contribution in [1.82, 2.24) is 19.9 Å². The molecule has 0 saturated heterocycles. The van der Waals surface area contributed by atoms with E-state index >= 15 is 0 Å². The fraction of sp³-hybridized carbons (Fsp3) is 0.450. The lowest BCUT2D eigenvalue weighted by Crippen LogP contribution is -2.46. The first-order chi connectivity index (χ1) is 13.6. The quantitative estimate of drug-likeness (QED) is 0.581. The molecule has 1 fully saturated rings. The van der Waals surface area contributed by atoms with E-state index in [1.54, 1.807) is 24.3 Å². The average Bonchev–Trinajstić information content (AvgIpc) is 3.30. The molecule has 4 rings (SSSR count). The average molecular weight is 382 g/mol. The van der Waals surface area contributed by atoms with Crippen molar-refractivity contribution in [2.24, 2.45) is 0 Å². The third-order valence-electron chi connectivity index (χ3n) is 5.52. The number of amides is 2. The molecule has 2 aliphatic rings. The lowest BCUT2D eigenvalue weighted by Gasteiger charge is -2.23. The summed E-state index contributed by atoms with van der Waals surface area (Å²) in [6.07, 6.45) is 7.57. The SMILES string of the molecule is COC(=O)C(Cc1cn(C2CCCCC2)nn1)N1C(=O)c2ccccc2C1=O. The summed E-state index contributed by atoms with van der Waals surface area (Å²) in [5.74, 6) is -1.63. The van der Waals surface area contributed by atoms with Crippen molar-refractivity contribution in [3.8, 4) is 0 Å². The van der Waals surface area contributed by atoms with Crippen LogP contribution in [0.2, 0.25) is 0 Å². The summed E-state index contributed by atoms with van der Waals surface area (Å²) in [7, 11) is 1.24. The van der Waals surface area contributed by atoms with E-state index in [0.717, 1.165) is 17.7 Å². The maximum atomic E-state index is 12.8. The first-order valence-electron chi connectivity index (χ1n) is 9.55. The van der Waals surface area contributed by atoms with Gasteiger partial charge in [-0.05, 0) is 25.0 Å². The summed E-state index contributed by atoms with van der Waals surface area (Å²) >= 11 is 0. The summed E-state index contributed by atoms with van der Waals surface area (Å²) in [4.78, 5) is 38.9. The highest BCUT2D eigenvalue weighted by Gasteiger charge is 2.43. The molecule has 1 aromatic carbocycles. The van der Waals surface area contributed by atoms with Crippen molar-refractivity contribution >= 4 is 17.8 Å². The van der Waals surface area contributed by atoms with Gasteiger partial charge in [0.1, 0.15) is 6.04 Å². The Kier molecular flexibility index (Phi) is 4.93. The standard InChI is InChI=1S/C20H22N4O4/c1-28-20(27)17(24-18(25)15-9-5-6-10-16(15)19(24)26)11-13-12-23(22-21-13)14-7-3-2-4-8-14/h5-6,9-10,12,14,17H,2-4,7-8,11H2,1H3. The molecule has 0 radical (unpaired) electrons. The summed E-state index contributed by atoms with van der Waals surface area (Å²) in [5.41, 5.74) is 1.15. The molecular formula is C20H22N4O4. The number of carbonyl (C=O) groups excluding carboxylic acids is 3. The second-order valence-corrected chi connectivity index (χ2v) is 7.25. The molecule has 2 amide bonds. The van der Waals surface area contributed by atoms with Gasteiger partial charge in [0.15, 0.2) is 0 Å². The third-order valence-corrected chi connectivity index (χ3v) is 5.52. The Morgan fingerprint density at radius 3 is 2.39 bits per heavy atom. The van der Waals surface area contributed by atoms with Crippen LogP contribution in [-0.2, 0) is 16.0 Å². The van der Waals surface area contributed by atoms with E-state index in [1.807, 2.05) is 10.9 Å². The van der Waals surface area contributed by atoms with Gasteiger partial charge in [0.2, 0.25) is 0 Å². The van der Waals surface area contributed by atoms with Crippen molar-refractivity contribution in [1.29, 1.82) is 0 Å². The molecule has 28 heavy (non-hydrogen) atoms. The predicted molar refractivity (Wildman–Crippen MR) is 98.6 cm³/mol. The van der Waals surface area contributed by atoms with Gasteiger partial charge in [-0.25, -0.2) is 9.48 Å². The summed E-state index contributed by atoms with van der Waals surface area (Å²) in [6.45, 7) is 0. The van der Waals surface area contributed by atoms with Crippen LogP contribution in [0.25, 0.3) is 0 Å². The van der Waals surface area contributed by atoms with Gasteiger partial charge < -0.3 is 4.74 Å². The molecule has 1 atom stereocenters. The normalized spacial score (nSPS) is 18.2. The Morgan fingerprint density at radius 2 is 1.79 bits per heavy atom. The lowest BCUT2D eigenvalue weighted by molar-refractivity contribution is -0.145. The first kappa shape index (κ1) is 18.3. The molecule has 146 valence electrons. The van der Waals surface area contributed by atoms with Crippen LogP contribution in [0.15, 0.2) is 30.5 Å². The van der Waals surface area contributed by atoms with Gasteiger partial charge in [-0.15, -0.1) is 5.10 Å². The van der Waals surface area contributed by atoms with Gasteiger partial charge in [-0.3, -0.25) is 14.5 Å². The number of hydrogen-bond acceptors (Lipinski definition) is 6. The number of methoxy groups -OCH3 is 1. The Morgan fingerprint density at radius 1 is 1.14 bits per heavy atom. The maximum absolute atomic E-state index is 12.8. The third kappa shape index (κ3) is 3.19. The molecule has 8 nitrogen and oxygen atoms in total. The van der Waals surface area contributed by atoms with Crippen molar-refractivity contribution in [2.45, 2.75) is 50.6 Å². The van der Waals surface area contributed by atoms with E-state index in [0.29, 0.717) is 22.9 Å². The van der Waals surface area contributed by atoms with Crippen LogP contribution in [0, 0.1) is 0 Å². The highest BCUT2D eigenvalue weighted by Crippen LogP contribution is 2.28. The van der Waals surface area contributed by atoms with Gasteiger partial charge in [0, 0.05) is 12.6 Å². The topological polar surface area (TPSA) is 94.4 Å². The number of esters is 1. The number of aromatic nitrogens is 3. The first-order valence-corrected chi connectivity index (χ1v) is 9.55. The maximum Gasteiger partial charge on any atom is 0.329 e. The lowest BCUT2D eigenvalue weighted by atomic mass is 9.96. The minimum Gasteiger partial charge on any atom is -0.467 e. The highest BCUT2D eigenvalue weighted by atomic mass is 16.5. The zero-order valence-corrected chi connectivity index (χ0v) is 15.7. The number of carbonyl (C=O) groups is 3. The Labute approximate surface area is 162 Å². The number of nitrogens with zero attached hydrogens (tertiary/aromatic N) is 4. The van der Waals surface area contributed by atoms with Gasteiger partial charge in [0.25, 0.3) is 11.8 Å². The van der Waals surface area contributed by atoms with Crippen LogP contribution in [0.1, 0.15) is 64.6 Å². The van der Waals surface area contributed by atoms with E-state index < -0.39 is 23.8 Å². The van der Waals surface area contributed by atoms with Gasteiger partial charge in [-0.1, -0.05) is 36.6 Å². The van der Waals surface area contributed by atoms with E-state index in [1.165, 1.54) is 26.4 Å². The number of ether oxygens (including phenoxy) is 1. The molecule has 0 bridgehead atoms. The van der Waals surface area contributed by atoms with E-state index in [-0.39, 0.29) is 6.42 Å². The van der Waals surface area contributed by atoms with E-state index in [9.17, 15) is 14.4 Å². The van der Waals surface area contributed by atoms with Gasteiger partial charge >= 0.3 is 5.97 Å². The van der Waals surface area contributed by atoms with Crippen molar-refractivity contribution < 1.29 is 19.1 Å². The van der Waals surface area contributed by atoms with Crippen LogP contribution in [0.4, 0.5) is 0 Å². The summed E-state index contributed by atoms with van der Waals surface area (Å²) in [6, 6.07) is 5.79. The minimum atomic E-state index is -1.08. The molecule has 2 aromatic rings. The van der Waals surface area contributed by atoms with Crippen LogP contribution in [0.3, 0.4) is 0 Å². The minimum absolute atomic E-state index is 0.0743. The summed E-state index contributed by atoms with van der Waals surface area (Å²) < 4.78 is 6.71. The molecule has 1 aliphatic carbocycles. The number of hydrogen-bond donors (Lipinski definition) is 0. The van der Waals surface area contributed by atoms with Crippen LogP contribution in [-0.4, -0.2) is 50.8 Å². The second kappa shape index (κ2) is 7.53. The van der Waals surface area contributed by atoms with Crippen LogP contribution >= 0.6 is 0 Å². The Bertz CT molecular complexity index is 881. The molecule has 1 unspecified atom stereocenters. The zero-order chi connectivity index (χ0) is 19.7. The molecule has 1 aliphatic heterocycles. The van der Waals surface area contributed by atoms with Crippen molar-refractivity contribution in [2.75, 3.05) is 7.11 Å². The van der Waals surface area contributed by atoms with E-state index in [4.69, 9.17) is 4.74 Å². The van der Waals surface area contributed by atoms with Crippen LogP contribution < -0.4 is 0 Å². The van der Waals surface area contributed by atoms with Crippen molar-refractivity contribution in [3.05, 3.63) is 47.3 Å². The largest absolute Gasteiger partial charge is 0.467 e. The highest BCUT2D eigenvalue weighted by molar-refractivity contribution is 6.22. The van der Waals surface area contributed by atoms with Crippen LogP contribution in [0.5, 0.6) is 0 Å². The van der Waals surface area contributed by atoms with Gasteiger partial charge in [0.05, 0.1) is 30.0 Å². The predicted octanol–water partition coefficient (Wildman–Crippen LogP) is 2.16. The molecule has 0 N–H and O–H groups in total. The number of benzene rings is 1. The Hall–Kier alpha value is -3.03. The molecule has 8 heteroatoms. The second-order valence-electron chi connectivity index (χ2n) is 7.25. The molecule has 1 aromatic heterocycles. The van der Waals surface area contributed by atoms with E-state index in [2.05, 4.69) is 10.3 Å². The molecule has 1 saturated carbocycles.